The lowest BCUT2D eigenvalue weighted by Crippen LogP contribution is -2.46. The molecule has 0 saturated heterocycles. The highest BCUT2D eigenvalue weighted by Crippen LogP contribution is 2.40. The van der Waals surface area contributed by atoms with E-state index in [1.54, 1.807) is 0 Å². The highest BCUT2D eigenvalue weighted by Gasteiger charge is 2.36. The van der Waals surface area contributed by atoms with Crippen molar-refractivity contribution in [2.24, 2.45) is 10.8 Å². The van der Waals surface area contributed by atoms with Crippen LogP contribution in [-0.4, -0.2) is 103 Å². The molecule has 16 nitrogen and oxygen atoms in total. The summed E-state index contributed by atoms with van der Waals surface area (Å²) in [5.74, 6) is -0.380. The van der Waals surface area contributed by atoms with Crippen molar-refractivity contribution in [2.75, 3.05) is 37.8 Å². The fourth-order valence-corrected chi connectivity index (χ4v) is 6.33. The topological polar surface area (TPSA) is 266 Å². The van der Waals surface area contributed by atoms with Crippen LogP contribution in [0.3, 0.4) is 0 Å². The number of carbonyl (C=O) groups excluding carboxylic acids is 4. The van der Waals surface area contributed by atoms with Crippen LogP contribution in [-0.2, 0) is 37.4 Å². The van der Waals surface area contributed by atoms with E-state index in [0.717, 1.165) is 0 Å². The summed E-state index contributed by atoms with van der Waals surface area (Å²) in [4.78, 5) is 83.5. The van der Waals surface area contributed by atoms with Crippen LogP contribution in [0.1, 0.15) is 66.2 Å². The average molecular weight is 713 g/mol. The van der Waals surface area contributed by atoms with Gasteiger partial charge in [-0.3, -0.25) is 28.2 Å². The van der Waals surface area contributed by atoms with Crippen LogP contribution in [0.5, 0.6) is 0 Å². The first-order valence-corrected chi connectivity index (χ1v) is 19.2. The first-order chi connectivity index (χ1) is 20.1. The zero-order valence-electron chi connectivity index (χ0n) is 25.3. The van der Waals surface area contributed by atoms with Crippen LogP contribution in [0, 0.1) is 10.8 Å². The van der Waals surface area contributed by atoms with Crippen LogP contribution < -0.4 is 10.6 Å². The highest BCUT2D eigenvalue weighted by molar-refractivity contribution is 8.76. The first-order valence-electron chi connectivity index (χ1n) is 13.7. The van der Waals surface area contributed by atoms with Crippen molar-refractivity contribution in [3.63, 3.8) is 0 Å². The summed E-state index contributed by atoms with van der Waals surface area (Å²) < 4.78 is 30.4. The van der Waals surface area contributed by atoms with E-state index in [0.29, 0.717) is 30.9 Å². The number of hydrogen-bond acceptors (Lipinski definition) is 12. The molecule has 20 heteroatoms. The van der Waals surface area contributed by atoms with Gasteiger partial charge in [0.25, 0.3) is 0 Å². The molecule has 44 heavy (non-hydrogen) atoms. The maximum Gasteiger partial charge on any atom is 0.469 e. The second kappa shape index (κ2) is 20.4. The molecule has 0 aliphatic rings. The molecule has 0 aromatic carbocycles. The number of ketones is 2. The van der Waals surface area contributed by atoms with Gasteiger partial charge in [-0.15, -0.1) is 0 Å². The van der Waals surface area contributed by atoms with Crippen LogP contribution in [0.25, 0.3) is 0 Å². The molecule has 0 unspecified atom stereocenters. The van der Waals surface area contributed by atoms with Gasteiger partial charge in [0.2, 0.25) is 11.8 Å². The molecule has 258 valence electrons. The van der Waals surface area contributed by atoms with Crippen molar-refractivity contribution in [3.8, 4) is 0 Å². The van der Waals surface area contributed by atoms with Gasteiger partial charge in [-0.1, -0.05) is 49.3 Å². The average Bonchev–Trinajstić information content (AvgIpc) is 2.90. The van der Waals surface area contributed by atoms with E-state index in [2.05, 4.69) is 19.7 Å². The quantitative estimate of drug-likeness (QED) is 0.0374. The lowest BCUT2D eigenvalue weighted by molar-refractivity contribution is -0.137. The van der Waals surface area contributed by atoms with E-state index >= 15 is 0 Å². The molecule has 0 saturated carbocycles. The minimum Gasteiger partial charge on any atom is -0.385 e. The normalized spacial score (nSPS) is 14.1. The van der Waals surface area contributed by atoms with Gasteiger partial charge in [0.1, 0.15) is 18.0 Å². The Bertz CT molecular complexity index is 954. The Kier molecular flexibility index (Phi) is 20.0. The van der Waals surface area contributed by atoms with Crippen LogP contribution in [0.4, 0.5) is 0 Å². The number of Topliss-reactive ketones (excluding diaryl/α,β-unsaturated/α-hetero) is 2. The lowest BCUT2D eigenvalue weighted by atomic mass is 9.84. The Labute approximate surface area is 265 Å². The molecule has 0 aliphatic carbocycles. The molecule has 0 aromatic heterocycles. The molecule has 0 aliphatic heterocycles. The zero-order valence-corrected chi connectivity index (χ0v) is 28.7. The molecular formula is C24H46N2O14P2S2. The monoisotopic (exact) mass is 712 g/mol. The van der Waals surface area contributed by atoms with Crippen LogP contribution >= 0.6 is 37.2 Å². The molecule has 2 atom stereocenters. The fraction of sp³-hybridized carbons (Fsp3) is 0.833. The van der Waals surface area contributed by atoms with Gasteiger partial charge in [0.05, 0.1) is 13.2 Å². The number of rotatable bonds is 25. The molecule has 0 rings (SSSR count). The Morgan fingerprint density at radius 3 is 1.75 bits per heavy atom. The summed E-state index contributed by atoms with van der Waals surface area (Å²) in [5.41, 5.74) is -2.49. The second-order valence-corrected chi connectivity index (χ2v) is 16.5. The minimum absolute atomic E-state index is 0.0214. The Morgan fingerprint density at radius 2 is 1.20 bits per heavy atom. The maximum absolute atomic E-state index is 12.2. The number of nitrogens with one attached hydrogen (secondary N) is 2. The smallest absolute Gasteiger partial charge is 0.385 e. The predicted molar refractivity (Wildman–Crippen MR) is 164 cm³/mol. The van der Waals surface area contributed by atoms with E-state index in [1.165, 1.54) is 49.3 Å². The van der Waals surface area contributed by atoms with Gasteiger partial charge in [-0.05, 0) is 12.8 Å². The molecular weight excluding hydrogens is 666 g/mol. The third-order valence-electron chi connectivity index (χ3n) is 6.05. The standard InChI is InChI=1S/C24H46N2O14P2S2/c1-23(2,15-39-41(33,34)35)20(30)18(28)9-5-7-17(27)8-6-13-43-44-14-12-25-19(29)10-11-26-22(32)21(31)24(3,4)16-40-42(36,37)38/h20-21,30-31H,5-16H2,1-4H3,(H,25,29)(H,26,32)(H2,33,34,35)(H2,36,37,38)/t20-,21-/m0/s1. The van der Waals surface area contributed by atoms with E-state index in [9.17, 15) is 38.5 Å². The highest BCUT2D eigenvalue weighted by atomic mass is 33.1. The summed E-state index contributed by atoms with van der Waals surface area (Å²) in [7, 11) is -6.44. The van der Waals surface area contributed by atoms with Crippen LogP contribution in [0.2, 0.25) is 0 Å². The number of hydrogen-bond donors (Lipinski definition) is 8. The number of phosphoric acid groups is 2. The van der Waals surface area contributed by atoms with Crippen molar-refractivity contribution in [1.82, 2.24) is 10.6 Å². The number of carbonyl (C=O) groups is 4. The van der Waals surface area contributed by atoms with Crippen molar-refractivity contribution in [3.05, 3.63) is 0 Å². The lowest BCUT2D eigenvalue weighted by Gasteiger charge is -2.29. The van der Waals surface area contributed by atoms with E-state index in [1.807, 2.05) is 0 Å². The van der Waals surface area contributed by atoms with Crippen molar-refractivity contribution < 1.29 is 67.1 Å². The van der Waals surface area contributed by atoms with E-state index < -0.39 is 63.6 Å². The third-order valence-corrected chi connectivity index (χ3v) is 9.47. The van der Waals surface area contributed by atoms with E-state index in [-0.39, 0.29) is 43.9 Å². The summed E-state index contributed by atoms with van der Waals surface area (Å²) in [6, 6.07) is 0. The molecule has 2 amide bonds. The van der Waals surface area contributed by atoms with Gasteiger partial charge in [-0.25, -0.2) is 9.13 Å². The van der Waals surface area contributed by atoms with Crippen molar-refractivity contribution >= 4 is 60.6 Å². The van der Waals surface area contributed by atoms with E-state index in [4.69, 9.17) is 19.6 Å². The van der Waals surface area contributed by atoms with Gasteiger partial charge < -0.3 is 40.4 Å². The third kappa shape index (κ3) is 21.0. The van der Waals surface area contributed by atoms with Crippen molar-refractivity contribution in [2.45, 2.75) is 78.4 Å². The Morgan fingerprint density at radius 1 is 0.705 bits per heavy atom. The van der Waals surface area contributed by atoms with Crippen molar-refractivity contribution in [1.29, 1.82) is 0 Å². The number of amides is 2. The molecule has 0 aromatic rings. The SMILES string of the molecule is CC(C)(COP(=O)(O)O)[C@@H](O)C(=O)CCCC(=O)CCCSSCCNC(=O)CCNC(=O)[C@H](O)C(C)(C)COP(=O)(O)O. The number of aliphatic hydroxyl groups excluding tert-OH is 2. The number of phosphoric ester groups is 2. The molecule has 0 fully saturated rings. The maximum atomic E-state index is 12.2. The summed E-state index contributed by atoms with van der Waals surface area (Å²) in [5, 5.41) is 25.4. The zero-order chi connectivity index (χ0) is 34.2. The predicted octanol–water partition coefficient (Wildman–Crippen LogP) is 1.07. The summed E-state index contributed by atoms with van der Waals surface area (Å²) in [6.07, 6.45) is -1.82. The molecule has 0 radical (unpaired) electrons. The first kappa shape index (κ1) is 43.1. The van der Waals surface area contributed by atoms with Gasteiger partial charge in [-0.2, -0.15) is 0 Å². The molecule has 0 bridgehead atoms. The van der Waals surface area contributed by atoms with Gasteiger partial charge >= 0.3 is 15.6 Å². The van der Waals surface area contributed by atoms with Gasteiger partial charge in [0, 0.05) is 61.1 Å². The Hall–Kier alpha value is -0.880. The largest absolute Gasteiger partial charge is 0.469 e. The molecule has 0 heterocycles. The molecule has 8 N–H and O–H groups in total. The summed E-state index contributed by atoms with van der Waals surface area (Å²) in [6.45, 7) is 4.94. The fourth-order valence-electron chi connectivity index (χ4n) is 3.33. The van der Waals surface area contributed by atoms with Gasteiger partial charge in [0.15, 0.2) is 5.78 Å². The summed E-state index contributed by atoms with van der Waals surface area (Å²) >= 11 is 0. The second-order valence-electron chi connectivity index (χ2n) is 11.3. The number of aliphatic hydroxyl groups is 2. The Balaban J connectivity index is 3.95. The molecule has 0 spiro atoms. The minimum atomic E-state index is -4.76. The van der Waals surface area contributed by atoms with Crippen LogP contribution in [0.15, 0.2) is 0 Å².